The number of phosphoric acid groups is 1. The molecule has 0 spiro atoms. The fraction of sp³-hybridized carbons (Fsp3) is 0.700. The molecule has 0 aromatic carbocycles. The van der Waals surface area contributed by atoms with Gasteiger partial charge in [0.25, 0.3) is 0 Å². The van der Waals surface area contributed by atoms with Gasteiger partial charge in [-0.1, -0.05) is 239 Å². The maximum atomic E-state index is 13.0. The van der Waals surface area contributed by atoms with Crippen molar-refractivity contribution in [2.75, 3.05) is 26.4 Å². The second-order valence-corrected chi connectivity index (χ2v) is 23.0. The average Bonchev–Trinajstić information content (AvgIpc) is 3.50. The number of carbonyl (C=O) groups is 3. The number of hydrogen-bond donors (Lipinski definition) is 2. The number of carbonyl (C=O) groups excluding carboxylic acids is 3. The first-order valence-electron chi connectivity index (χ1n) is 32.8. The Morgan fingerprint density at radius 2 is 0.634 bits per heavy atom. The van der Waals surface area contributed by atoms with E-state index in [1.165, 1.54) is 96.3 Å². The van der Waals surface area contributed by atoms with Gasteiger partial charge < -0.3 is 24.2 Å². The molecule has 12 heteroatoms. The molecule has 0 radical (unpaired) electrons. The monoisotopic (exact) mass is 1170 g/mol. The van der Waals surface area contributed by atoms with Crippen LogP contribution in [-0.2, 0) is 42.2 Å². The first-order valence-corrected chi connectivity index (χ1v) is 34.3. The SMILES string of the molecule is CC/C=C\C/C=C\C/C=C\C/C=C\C/C=C\CCCCCC(=O)OC(COC(=O)CCCCCCCCCCC/C=C\C/C=C\CCCCC)COP(=O)(O)OCC(CO)OC(=O)CCCCCCCCC/C=C\C/C=C\CCCCC. The third-order valence-electron chi connectivity index (χ3n) is 13.6. The highest BCUT2D eigenvalue weighted by atomic mass is 31.2. The van der Waals surface area contributed by atoms with Gasteiger partial charge in [-0.2, -0.15) is 0 Å². The van der Waals surface area contributed by atoms with Gasteiger partial charge in [0.05, 0.1) is 19.8 Å². The maximum Gasteiger partial charge on any atom is 0.472 e. The zero-order chi connectivity index (χ0) is 59.8. The Hall–Kier alpha value is -3.86. The van der Waals surface area contributed by atoms with Crippen LogP contribution in [0.1, 0.15) is 278 Å². The van der Waals surface area contributed by atoms with Crippen molar-refractivity contribution in [2.45, 2.75) is 290 Å². The number of hydrogen-bond acceptors (Lipinski definition) is 10. The normalized spacial score (nSPS) is 14.0. The topological polar surface area (TPSA) is 155 Å². The zero-order valence-corrected chi connectivity index (χ0v) is 53.1. The number of aliphatic hydroxyl groups is 1. The molecule has 0 bridgehead atoms. The minimum atomic E-state index is -4.77. The molecule has 470 valence electrons. The fourth-order valence-corrected chi connectivity index (χ4v) is 9.46. The lowest BCUT2D eigenvalue weighted by Crippen LogP contribution is -2.30. The van der Waals surface area contributed by atoms with Crippen LogP contribution >= 0.6 is 7.82 Å². The Bertz CT molecular complexity index is 1790. The smallest absolute Gasteiger partial charge is 0.462 e. The summed E-state index contributed by atoms with van der Waals surface area (Å²) in [6, 6.07) is 0. The number of esters is 3. The summed E-state index contributed by atoms with van der Waals surface area (Å²) in [7, 11) is -4.77. The van der Waals surface area contributed by atoms with E-state index in [0.29, 0.717) is 19.3 Å². The highest BCUT2D eigenvalue weighted by molar-refractivity contribution is 7.47. The summed E-state index contributed by atoms with van der Waals surface area (Å²) in [5, 5.41) is 9.86. The van der Waals surface area contributed by atoms with Crippen molar-refractivity contribution in [2.24, 2.45) is 0 Å². The predicted molar refractivity (Wildman–Crippen MR) is 343 cm³/mol. The van der Waals surface area contributed by atoms with Crippen LogP contribution in [0.3, 0.4) is 0 Å². The lowest BCUT2D eigenvalue weighted by atomic mass is 10.1. The minimum Gasteiger partial charge on any atom is -0.462 e. The molecule has 0 amide bonds. The number of aliphatic hydroxyl groups excluding tert-OH is 1. The molecule has 0 saturated heterocycles. The molecular formula is C70H119O11P. The Labute approximate surface area is 501 Å². The van der Waals surface area contributed by atoms with Gasteiger partial charge in [0.2, 0.25) is 0 Å². The third-order valence-corrected chi connectivity index (χ3v) is 14.6. The molecule has 0 rings (SSSR count). The van der Waals surface area contributed by atoms with E-state index in [0.717, 1.165) is 122 Å². The first kappa shape index (κ1) is 78.1. The van der Waals surface area contributed by atoms with Crippen LogP contribution in [0.4, 0.5) is 0 Å². The van der Waals surface area contributed by atoms with Gasteiger partial charge in [-0.05, 0) is 128 Å². The van der Waals surface area contributed by atoms with E-state index in [9.17, 15) is 28.9 Å². The highest BCUT2D eigenvalue weighted by Crippen LogP contribution is 2.43. The second-order valence-electron chi connectivity index (χ2n) is 21.5. The Morgan fingerprint density at radius 3 is 0.988 bits per heavy atom. The van der Waals surface area contributed by atoms with Crippen molar-refractivity contribution < 1.29 is 52.2 Å². The number of allylic oxidation sites excluding steroid dienone is 18. The van der Waals surface area contributed by atoms with Crippen LogP contribution in [0.5, 0.6) is 0 Å². The summed E-state index contributed by atoms with van der Waals surface area (Å²) in [6.07, 6.45) is 77.4. The van der Waals surface area contributed by atoms with Crippen LogP contribution in [0.2, 0.25) is 0 Å². The van der Waals surface area contributed by atoms with Gasteiger partial charge >= 0.3 is 25.7 Å². The van der Waals surface area contributed by atoms with Crippen molar-refractivity contribution in [3.63, 3.8) is 0 Å². The standard InChI is InChI=1S/C70H119O11P/c1-4-7-10-13-16-19-22-25-28-31-33-36-38-41-44-47-50-53-56-59-68(72)77-63-67(81-70(74)61-58-55-52-49-46-43-40-37-34-32-29-26-23-20-17-14-11-8-5-2)65-79-82(75,76)78-64-66(62-71)80-69(73)60-57-54-51-48-45-42-39-35-30-27-24-21-18-15-12-9-6-3/h8,11,16-21,25-30,34,37,43,46,66-67,71H,4-7,9-10,12-15,22-24,31-33,35-36,38-42,44-45,47-65H2,1-3H3,(H,75,76)/b11-8-,19-16-,20-17-,21-18-,28-25-,29-26-,30-27-,37-34-,46-43-. The lowest BCUT2D eigenvalue weighted by Gasteiger charge is -2.21. The van der Waals surface area contributed by atoms with Crippen molar-refractivity contribution in [3.8, 4) is 0 Å². The molecule has 0 aliphatic carbocycles. The molecule has 0 aromatic heterocycles. The molecule has 0 heterocycles. The third kappa shape index (κ3) is 60.7. The van der Waals surface area contributed by atoms with Crippen molar-refractivity contribution in [3.05, 3.63) is 109 Å². The summed E-state index contributed by atoms with van der Waals surface area (Å²) < 4.78 is 39.7. The van der Waals surface area contributed by atoms with Gasteiger partial charge in [0.1, 0.15) is 12.7 Å². The van der Waals surface area contributed by atoms with Crippen molar-refractivity contribution in [1.29, 1.82) is 0 Å². The van der Waals surface area contributed by atoms with E-state index in [1.807, 2.05) is 0 Å². The van der Waals surface area contributed by atoms with Gasteiger partial charge in [0, 0.05) is 19.3 Å². The Kier molecular flexibility index (Phi) is 60.2. The molecule has 3 atom stereocenters. The van der Waals surface area contributed by atoms with Crippen LogP contribution < -0.4 is 0 Å². The van der Waals surface area contributed by atoms with Crippen molar-refractivity contribution in [1.82, 2.24) is 0 Å². The van der Waals surface area contributed by atoms with Gasteiger partial charge in [0.15, 0.2) is 6.10 Å². The molecule has 2 N–H and O–H groups in total. The minimum absolute atomic E-state index is 0.123. The fourth-order valence-electron chi connectivity index (χ4n) is 8.68. The predicted octanol–water partition coefficient (Wildman–Crippen LogP) is 20.1. The molecular weight excluding hydrogens is 1050 g/mol. The van der Waals surface area contributed by atoms with Crippen molar-refractivity contribution >= 4 is 25.7 Å². The quantitative estimate of drug-likeness (QED) is 0.0197. The van der Waals surface area contributed by atoms with E-state index < -0.39 is 57.8 Å². The van der Waals surface area contributed by atoms with E-state index >= 15 is 0 Å². The zero-order valence-electron chi connectivity index (χ0n) is 52.2. The number of rotatable bonds is 60. The molecule has 0 fully saturated rings. The Morgan fingerprint density at radius 1 is 0.354 bits per heavy atom. The number of unbranched alkanes of at least 4 members (excludes halogenated alkanes) is 25. The molecule has 0 aliphatic rings. The molecule has 0 aromatic rings. The summed E-state index contributed by atoms with van der Waals surface area (Å²) in [6.45, 7) is 4.46. The molecule has 11 nitrogen and oxygen atoms in total. The van der Waals surface area contributed by atoms with E-state index in [1.54, 1.807) is 0 Å². The van der Waals surface area contributed by atoms with Gasteiger partial charge in [-0.15, -0.1) is 0 Å². The lowest BCUT2D eigenvalue weighted by molar-refractivity contribution is -0.161. The molecule has 0 aliphatic heterocycles. The van der Waals surface area contributed by atoms with Crippen LogP contribution in [0.25, 0.3) is 0 Å². The highest BCUT2D eigenvalue weighted by Gasteiger charge is 2.28. The maximum absolute atomic E-state index is 13.0. The van der Waals surface area contributed by atoms with E-state index in [-0.39, 0.29) is 25.9 Å². The summed E-state index contributed by atoms with van der Waals surface area (Å²) in [5.41, 5.74) is 0. The number of ether oxygens (including phenoxy) is 3. The molecule has 0 saturated carbocycles. The molecule has 82 heavy (non-hydrogen) atoms. The van der Waals surface area contributed by atoms with E-state index in [4.69, 9.17) is 23.3 Å². The first-order chi connectivity index (χ1) is 40.2. The second kappa shape index (κ2) is 63.2. The molecule has 3 unspecified atom stereocenters. The average molecular weight is 1170 g/mol. The van der Waals surface area contributed by atoms with Gasteiger partial charge in [-0.3, -0.25) is 23.4 Å². The van der Waals surface area contributed by atoms with E-state index in [2.05, 4.69) is 130 Å². The van der Waals surface area contributed by atoms with Gasteiger partial charge in [-0.25, -0.2) is 4.57 Å². The largest absolute Gasteiger partial charge is 0.472 e. The van der Waals surface area contributed by atoms with Crippen LogP contribution in [0.15, 0.2) is 109 Å². The summed E-state index contributed by atoms with van der Waals surface area (Å²) >= 11 is 0. The van der Waals surface area contributed by atoms with Crippen LogP contribution in [-0.4, -0.2) is 66.5 Å². The Balaban J connectivity index is 4.77. The number of phosphoric ester groups is 1. The van der Waals surface area contributed by atoms with Crippen LogP contribution in [0, 0.1) is 0 Å². The summed E-state index contributed by atoms with van der Waals surface area (Å²) in [4.78, 5) is 48.8. The summed E-state index contributed by atoms with van der Waals surface area (Å²) in [5.74, 6) is -1.52.